The minimum Gasteiger partial charge on any atom is -0.390 e. The number of aliphatic hydroxyl groups is 1. The zero-order valence-corrected chi connectivity index (χ0v) is 3.89. The van der Waals surface area contributed by atoms with E-state index in [0.717, 1.165) is 6.61 Å². The molecule has 0 fully saturated rings. The van der Waals surface area contributed by atoms with Crippen LogP contribution in [0.1, 0.15) is 13.3 Å². The van der Waals surface area contributed by atoms with Crippen molar-refractivity contribution in [2.24, 2.45) is 0 Å². The summed E-state index contributed by atoms with van der Waals surface area (Å²) in [7, 11) is 0. The van der Waals surface area contributed by atoms with Gasteiger partial charge in [0, 0.05) is 0 Å². The summed E-state index contributed by atoms with van der Waals surface area (Å²) in [5.74, 6) is 0. The van der Waals surface area contributed by atoms with Crippen LogP contribution in [0, 0.1) is 6.61 Å². The van der Waals surface area contributed by atoms with Crippen molar-refractivity contribution in [3.05, 3.63) is 18.8 Å². The molecular weight excluding hydrogens is 76.1 g/mol. The van der Waals surface area contributed by atoms with Crippen LogP contribution < -0.4 is 0 Å². The Morgan fingerprint density at radius 2 is 2.33 bits per heavy atom. The van der Waals surface area contributed by atoms with Gasteiger partial charge in [0.15, 0.2) is 0 Å². The summed E-state index contributed by atoms with van der Waals surface area (Å²) in [5.41, 5.74) is 0. The predicted octanol–water partition coefficient (Wildman–Crippen LogP) is 1.49. The van der Waals surface area contributed by atoms with Gasteiger partial charge >= 0.3 is 0 Å². The van der Waals surface area contributed by atoms with Gasteiger partial charge in [-0.3, -0.25) is 0 Å². The van der Waals surface area contributed by atoms with E-state index in [1.807, 2.05) is 19.1 Å². The van der Waals surface area contributed by atoms with Crippen LogP contribution >= 0.6 is 0 Å². The molecule has 0 unspecified atom stereocenters. The topological polar surface area (TPSA) is 20.2 Å². The van der Waals surface area contributed by atoms with Gasteiger partial charge in [0.2, 0.25) is 0 Å². The Balaban J connectivity index is 2.66. The average Bonchev–Trinajstić information content (AvgIpc) is 1.61. The molecule has 1 nitrogen and oxygen atoms in total. The maximum absolute atomic E-state index is 8.02. The summed E-state index contributed by atoms with van der Waals surface area (Å²) in [6.45, 7) is 3.05. The maximum Gasteiger partial charge on any atom is 0.0836 e. The molecule has 0 spiro atoms. The van der Waals surface area contributed by atoms with Gasteiger partial charge in [-0.2, -0.15) is 0 Å². The molecule has 1 radical (unpaired) electrons. The van der Waals surface area contributed by atoms with Gasteiger partial charge in [0.1, 0.15) is 0 Å². The van der Waals surface area contributed by atoms with Crippen molar-refractivity contribution in [3.63, 3.8) is 0 Å². The highest BCUT2D eigenvalue weighted by Gasteiger charge is 1.67. The zero-order chi connectivity index (χ0) is 4.83. The summed E-state index contributed by atoms with van der Waals surface area (Å²) in [5, 5.41) is 8.02. The molecule has 0 bridgehead atoms. The third kappa shape index (κ3) is 3.70. The molecule has 0 atom stereocenters. The lowest BCUT2D eigenvalue weighted by molar-refractivity contribution is 0.388. The molecule has 0 amide bonds. The van der Waals surface area contributed by atoms with Gasteiger partial charge in [-0.15, -0.1) is 0 Å². The summed E-state index contributed by atoms with van der Waals surface area (Å²) >= 11 is 0. The molecule has 6 heavy (non-hydrogen) atoms. The lowest BCUT2D eigenvalue weighted by Crippen LogP contribution is -1.63. The molecule has 0 rings (SSSR count). The predicted molar refractivity (Wildman–Crippen MR) is 25.7 cm³/mol. The largest absolute Gasteiger partial charge is 0.390 e. The van der Waals surface area contributed by atoms with Crippen molar-refractivity contribution in [1.29, 1.82) is 0 Å². The average molecular weight is 85.1 g/mol. The highest BCUT2D eigenvalue weighted by atomic mass is 16.2. The quantitative estimate of drug-likeness (QED) is 0.503. The normalized spacial score (nSPS) is 10.3. The van der Waals surface area contributed by atoms with Crippen molar-refractivity contribution in [2.75, 3.05) is 0 Å². The lowest BCUT2D eigenvalue weighted by atomic mass is 10.4. The smallest absolute Gasteiger partial charge is 0.0836 e. The minimum atomic E-state index is 0.663. The molecule has 0 aromatic carbocycles. The Bertz CT molecular complexity index is 39.2. The fourth-order valence-electron chi connectivity index (χ4n) is 0.197. The number of hydrogen-bond donors (Lipinski definition) is 1. The molecule has 0 heterocycles. The Hall–Kier alpha value is -0.300. The van der Waals surface area contributed by atoms with Crippen LogP contribution in [0.2, 0.25) is 0 Å². The van der Waals surface area contributed by atoms with Gasteiger partial charge in [-0.1, -0.05) is 12.2 Å². The highest BCUT2D eigenvalue weighted by Crippen LogP contribution is 1.81. The van der Waals surface area contributed by atoms with Crippen molar-refractivity contribution in [1.82, 2.24) is 0 Å². The van der Waals surface area contributed by atoms with E-state index in [2.05, 4.69) is 0 Å². The summed E-state index contributed by atoms with van der Waals surface area (Å²) in [4.78, 5) is 0. The van der Waals surface area contributed by atoms with Gasteiger partial charge in [0.25, 0.3) is 0 Å². The minimum absolute atomic E-state index is 0.663. The molecule has 0 aliphatic carbocycles. The van der Waals surface area contributed by atoms with Gasteiger partial charge in [0.05, 0.1) is 6.61 Å². The molecule has 1 heteroatoms. The Kier molecular flexibility index (Phi) is 4.46. The first-order chi connectivity index (χ1) is 2.91. The Morgan fingerprint density at radius 1 is 1.67 bits per heavy atom. The van der Waals surface area contributed by atoms with E-state index in [0.29, 0.717) is 6.42 Å². The van der Waals surface area contributed by atoms with Crippen LogP contribution in [0.15, 0.2) is 12.2 Å². The van der Waals surface area contributed by atoms with Crippen LogP contribution in [0.3, 0.4) is 0 Å². The molecular formula is C5H9O. The van der Waals surface area contributed by atoms with Gasteiger partial charge in [-0.25, -0.2) is 0 Å². The van der Waals surface area contributed by atoms with Crippen molar-refractivity contribution < 1.29 is 5.11 Å². The first-order valence-corrected chi connectivity index (χ1v) is 1.99. The molecule has 0 saturated heterocycles. The second kappa shape index (κ2) is 4.70. The fraction of sp³-hybridized carbons (Fsp3) is 0.400. The van der Waals surface area contributed by atoms with Crippen LogP contribution in [0.25, 0.3) is 0 Å². The van der Waals surface area contributed by atoms with E-state index >= 15 is 0 Å². The highest BCUT2D eigenvalue weighted by molar-refractivity contribution is 4.78. The third-order valence-electron chi connectivity index (χ3n) is 0.477. The number of aliphatic hydroxyl groups excluding tert-OH is 1. The van der Waals surface area contributed by atoms with E-state index < -0.39 is 0 Å². The molecule has 0 aromatic rings. The number of allylic oxidation sites excluding steroid dienone is 1. The SMILES string of the molecule is CC=CC[CH]O. The van der Waals surface area contributed by atoms with E-state index in [-0.39, 0.29) is 0 Å². The van der Waals surface area contributed by atoms with E-state index in [4.69, 9.17) is 5.11 Å². The summed E-state index contributed by atoms with van der Waals surface area (Å²) in [6.07, 6.45) is 4.43. The molecule has 0 aromatic heterocycles. The van der Waals surface area contributed by atoms with E-state index in [1.165, 1.54) is 0 Å². The monoisotopic (exact) mass is 85.1 g/mol. The van der Waals surface area contributed by atoms with Gasteiger partial charge < -0.3 is 5.11 Å². The van der Waals surface area contributed by atoms with E-state index in [9.17, 15) is 0 Å². The Labute approximate surface area is 38.3 Å². The van der Waals surface area contributed by atoms with Crippen molar-refractivity contribution in [3.8, 4) is 0 Å². The fourth-order valence-corrected chi connectivity index (χ4v) is 0.197. The number of hydrogen-bond acceptors (Lipinski definition) is 1. The third-order valence-corrected chi connectivity index (χ3v) is 0.477. The van der Waals surface area contributed by atoms with E-state index in [1.54, 1.807) is 0 Å². The maximum atomic E-state index is 8.02. The molecule has 0 saturated carbocycles. The van der Waals surface area contributed by atoms with Crippen LogP contribution in [0.5, 0.6) is 0 Å². The molecule has 1 N–H and O–H groups in total. The summed E-state index contributed by atoms with van der Waals surface area (Å²) in [6, 6.07) is 0. The lowest BCUT2D eigenvalue weighted by Gasteiger charge is -1.75. The second-order valence-electron chi connectivity index (χ2n) is 0.987. The second-order valence-corrected chi connectivity index (χ2v) is 0.987. The first kappa shape index (κ1) is 5.70. The molecule has 0 aliphatic rings. The van der Waals surface area contributed by atoms with Crippen LogP contribution in [-0.2, 0) is 0 Å². The van der Waals surface area contributed by atoms with Crippen LogP contribution in [0.4, 0.5) is 0 Å². The van der Waals surface area contributed by atoms with Crippen molar-refractivity contribution >= 4 is 0 Å². The van der Waals surface area contributed by atoms with Gasteiger partial charge in [-0.05, 0) is 13.3 Å². The molecule has 35 valence electrons. The van der Waals surface area contributed by atoms with Crippen LogP contribution in [-0.4, -0.2) is 5.11 Å². The molecule has 0 aliphatic heterocycles. The number of rotatable bonds is 2. The first-order valence-electron chi connectivity index (χ1n) is 1.99. The summed E-state index contributed by atoms with van der Waals surface area (Å²) < 4.78 is 0. The standard InChI is InChI=1S/C5H9O/c1-2-3-4-5-6/h2-3,5-6H,4H2,1H3. The Morgan fingerprint density at radius 3 is 2.50 bits per heavy atom. The van der Waals surface area contributed by atoms with Crippen molar-refractivity contribution in [2.45, 2.75) is 13.3 Å². The zero-order valence-electron chi connectivity index (χ0n) is 3.89.